The Bertz CT molecular complexity index is 2110. The highest BCUT2D eigenvalue weighted by molar-refractivity contribution is 6.13. The lowest BCUT2D eigenvalue weighted by Gasteiger charge is -2.37. The first-order valence-corrected chi connectivity index (χ1v) is 24.1. The number of hydrogen-bond donors (Lipinski definition) is 7. The van der Waals surface area contributed by atoms with E-state index in [4.69, 9.17) is 30.7 Å². The van der Waals surface area contributed by atoms with E-state index in [0.717, 1.165) is 35.5 Å². The van der Waals surface area contributed by atoms with E-state index in [9.17, 15) is 38.4 Å². The van der Waals surface area contributed by atoms with Gasteiger partial charge in [-0.1, -0.05) is 27.2 Å². The Hall–Kier alpha value is -6.47. The molecular formula is C45H72N14O11. The van der Waals surface area contributed by atoms with Crippen molar-refractivity contribution >= 4 is 70.1 Å². The first-order valence-electron chi connectivity index (χ1n) is 24.1. The average Bonchev–Trinajstić information content (AvgIpc) is 3.84. The number of nitrogen functional groups attached to an aromatic ring is 1. The molecule has 0 aliphatic carbocycles. The van der Waals surface area contributed by atoms with E-state index < -0.39 is 41.7 Å². The quantitative estimate of drug-likeness (QED) is 0.0334. The third-order valence-electron chi connectivity index (χ3n) is 11.5. The fourth-order valence-electron chi connectivity index (χ4n) is 7.64. The van der Waals surface area contributed by atoms with Crippen LogP contribution in [0, 0.1) is 5.92 Å². The minimum Gasteiger partial charge on any atom is -0.380 e. The lowest BCUT2D eigenvalue weighted by Crippen LogP contribution is -2.58. The van der Waals surface area contributed by atoms with Gasteiger partial charge in [0, 0.05) is 97.2 Å². The number of hydrogen-bond acceptors (Lipinski definition) is 16. The van der Waals surface area contributed by atoms with Gasteiger partial charge in [-0.05, 0) is 31.6 Å². The van der Waals surface area contributed by atoms with Crippen LogP contribution in [-0.4, -0.2) is 181 Å². The minimum absolute atomic E-state index is 0.00556. The molecule has 1 fully saturated rings. The molecule has 0 aromatic carbocycles. The van der Waals surface area contributed by atoms with Gasteiger partial charge in [0.1, 0.15) is 28.9 Å². The zero-order valence-electron chi connectivity index (χ0n) is 40.9. The second-order valence-electron chi connectivity index (χ2n) is 17.2. The molecule has 2 aromatic rings. The molecule has 2 aliphatic heterocycles. The third kappa shape index (κ3) is 18.1. The summed E-state index contributed by atoms with van der Waals surface area (Å²) in [4.78, 5) is 109. The molecule has 9 N–H and O–H groups in total. The molecule has 0 bridgehead atoms. The number of carbonyl (C=O) groups is 8. The van der Waals surface area contributed by atoms with Gasteiger partial charge in [0.15, 0.2) is 11.6 Å². The molecule has 1 saturated heterocycles. The van der Waals surface area contributed by atoms with E-state index >= 15 is 0 Å². The van der Waals surface area contributed by atoms with Crippen LogP contribution in [0.25, 0.3) is 11.0 Å². The standard InChI is InChI=1S/C45H72N14O11/c1-5-6-10-32-52-39-40(56(32)4)42(55-54-41(39)46)57-20-22-58(23-21-57)44(66)31(9-8-16-50-45(47)67)51-43(65)38(30(2)3)53-35(62)12-7-11-33(60)48-17-24-68-26-28-70-29-27-69-25-18-49-34(61)15-19-59-36(63)13-14-37(59)64/h13-14,30-31,38H,5-12,15-29H2,1-4H3,(H2,46,54)(H,48,60)(H,49,61)(H,51,65)(H,53,62)(H3,47,50,67)/t31-,38-/m0/s1. The Morgan fingerprint density at radius 1 is 0.743 bits per heavy atom. The number of amides is 9. The van der Waals surface area contributed by atoms with Gasteiger partial charge in [-0.25, -0.2) is 9.78 Å². The highest BCUT2D eigenvalue weighted by Crippen LogP contribution is 2.29. The van der Waals surface area contributed by atoms with Crippen LogP contribution in [0.4, 0.5) is 16.4 Å². The summed E-state index contributed by atoms with van der Waals surface area (Å²) in [5.74, 6) is -1.23. The van der Waals surface area contributed by atoms with Gasteiger partial charge in [0.25, 0.3) is 11.8 Å². The molecule has 0 radical (unpaired) electrons. The molecule has 2 aliphatic rings. The number of nitrogens with zero attached hydrogens (tertiary/aromatic N) is 7. The van der Waals surface area contributed by atoms with Gasteiger partial charge < -0.3 is 66.6 Å². The van der Waals surface area contributed by atoms with Crippen molar-refractivity contribution in [2.75, 3.05) is 103 Å². The van der Waals surface area contributed by atoms with Gasteiger partial charge in [-0.15, -0.1) is 10.2 Å². The third-order valence-corrected chi connectivity index (χ3v) is 11.5. The van der Waals surface area contributed by atoms with E-state index in [1.807, 2.05) is 16.5 Å². The number of fused-ring (bicyclic) bond motifs is 1. The molecule has 25 heteroatoms. The van der Waals surface area contributed by atoms with Gasteiger partial charge in [-0.2, -0.15) is 0 Å². The number of nitrogens with two attached hydrogens (primary N) is 2. The van der Waals surface area contributed by atoms with Gasteiger partial charge in [0.05, 0.1) is 39.6 Å². The Balaban J connectivity index is 1.11. The lowest BCUT2D eigenvalue weighted by atomic mass is 10.0. The number of carbonyl (C=O) groups excluding carboxylic acids is 8. The SMILES string of the molecule is CCCCc1nc2c(N)nnc(N3CCN(C(=O)[C@H](CCCNC(N)=O)NC(=O)[C@@H](NC(=O)CCCC(=O)NCCOCCOCCOCCNC(=O)CCN4C(=O)C=CC4=O)C(C)C)CC3)c2n1C. The van der Waals surface area contributed by atoms with Crippen LogP contribution in [-0.2, 0) is 61.2 Å². The number of imide groups is 1. The van der Waals surface area contributed by atoms with E-state index in [1.54, 1.807) is 18.7 Å². The predicted molar refractivity (Wildman–Crippen MR) is 256 cm³/mol. The Morgan fingerprint density at radius 3 is 1.94 bits per heavy atom. The summed E-state index contributed by atoms with van der Waals surface area (Å²) in [5.41, 5.74) is 12.8. The van der Waals surface area contributed by atoms with Crippen molar-refractivity contribution in [3.05, 3.63) is 18.0 Å². The molecule has 4 heterocycles. The molecule has 25 nitrogen and oxygen atoms in total. The molecule has 9 amide bonds. The maximum absolute atomic E-state index is 14.1. The number of imidazole rings is 1. The summed E-state index contributed by atoms with van der Waals surface area (Å²) in [6, 6.07) is -2.61. The smallest absolute Gasteiger partial charge is 0.312 e. The monoisotopic (exact) mass is 985 g/mol. The Morgan fingerprint density at radius 2 is 1.34 bits per heavy atom. The van der Waals surface area contributed by atoms with Gasteiger partial charge in [-0.3, -0.25) is 38.5 Å². The summed E-state index contributed by atoms with van der Waals surface area (Å²) in [6.45, 7) is 9.71. The van der Waals surface area contributed by atoms with E-state index in [1.165, 1.54) is 12.2 Å². The predicted octanol–water partition coefficient (Wildman–Crippen LogP) is -1.22. The molecule has 0 saturated carbocycles. The van der Waals surface area contributed by atoms with Crippen molar-refractivity contribution in [1.82, 2.24) is 56.1 Å². The number of piperazine rings is 1. The molecule has 388 valence electrons. The number of urea groups is 1. The molecule has 2 aromatic heterocycles. The summed E-state index contributed by atoms with van der Waals surface area (Å²) < 4.78 is 18.4. The van der Waals surface area contributed by atoms with Crippen molar-refractivity contribution in [2.24, 2.45) is 18.7 Å². The number of aromatic nitrogens is 4. The minimum atomic E-state index is -0.961. The number of aryl methyl sites for hydroxylation is 2. The molecular weight excluding hydrogens is 913 g/mol. The largest absolute Gasteiger partial charge is 0.380 e. The van der Waals surface area contributed by atoms with E-state index in [-0.39, 0.29) is 101 Å². The van der Waals surface area contributed by atoms with Crippen LogP contribution in [0.5, 0.6) is 0 Å². The number of rotatable bonds is 32. The molecule has 0 spiro atoms. The first kappa shape index (κ1) is 56.1. The lowest BCUT2D eigenvalue weighted by molar-refractivity contribution is -0.138. The average molecular weight is 985 g/mol. The maximum atomic E-state index is 14.1. The summed E-state index contributed by atoms with van der Waals surface area (Å²) in [7, 11) is 1.94. The van der Waals surface area contributed by atoms with Gasteiger partial charge >= 0.3 is 6.03 Å². The van der Waals surface area contributed by atoms with Crippen molar-refractivity contribution in [3.63, 3.8) is 0 Å². The highest BCUT2D eigenvalue weighted by atomic mass is 16.5. The maximum Gasteiger partial charge on any atom is 0.312 e. The van der Waals surface area contributed by atoms with E-state index in [0.29, 0.717) is 70.4 Å². The number of ether oxygens (including phenoxy) is 3. The van der Waals surface area contributed by atoms with Crippen LogP contribution in [0.15, 0.2) is 12.2 Å². The van der Waals surface area contributed by atoms with Crippen molar-refractivity contribution < 1.29 is 52.6 Å². The van der Waals surface area contributed by atoms with Crippen LogP contribution in [0.2, 0.25) is 0 Å². The second kappa shape index (κ2) is 29.5. The van der Waals surface area contributed by atoms with Crippen LogP contribution < -0.4 is 43.0 Å². The van der Waals surface area contributed by atoms with Crippen LogP contribution in [0.1, 0.15) is 78.0 Å². The molecule has 4 rings (SSSR count). The molecule has 2 atom stereocenters. The van der Waals surface area contributed by atoms with Crippen molar-refractivity contribution in [2.45, 2.75) is 90.6 Å². The number of nitrogens with one attached hydrogen (secondary N) is 5. The zero-order valence-corrected chi connectivity index (χ0v) is 40.9. The Kier molecular flexibility index (Phi) is 23.7. The van der Waals surface area contributed by atoms with Crippen LogP contribution >= 0.6 is 0 Å². The van der Waals surface area contributed by atoms with Crippen molar-refractivity contribution in [3.8, 4) is 0 Å². The Labute approximate surface area is 407 Å². The normalized spacial score (nSPS) is 14.6. The summed E-state index contributed by atoms with van der Waals surface area (Å²) in [6.07, 6.45) is 6.00. The summed E-state index contributed by atoms with van der Waals surface area (Å²) >= 11 is 0. The van der Waals surface area contributed by atoms with E-state index in [2.05, 4.69) is 43.7 Å². The topological polar surface area (TPSA) is 330 Å². The molecule has 70 heavy (non-hydrogen) atoms. The fraction of sp³-hybridized carbons (Fsp3) is 0.667. The number of unbranched alkanes of at least 4 members (excludes halogenated alkanes) is 1. The van der Waals surface area contributed by atoms with Crippen molar-refractivity contribution in [1.29, 1.82) is 0 Å². The number of primary amides is 1. The zero-order chi connectivity index (χ0) is 51.0. The summed E-state index contributed by atoms with van der Waals surface area (Å²) in [5, 5.41) is 22.2. The second-order valence-corrected chi connectivity index (χ2v) is 17.2. The van der Waals surface area contributed by atoms with Crippen LogP contribution in [0.3, 0.4) is 0 Å². The number of anilines is 2. The molecule has 0 unspecified atom stereocenters. The van der Waals surface area contributed by atoms with Gasteiger partial charge in [0.2, 0.25) is 29.5 Å². The first-order chi connectivity index (χ1) is 33.6. The fourth-order valence-corrected chi connectivity index (χ4v) is 7.64. The highest BCUT2D eigenvalue weighted by Gasteiger charge is 2.33.